The maximum absolute atomic E-state index is 11.5. The lowest BCUT2D eigenvalue weighted by Gasteiger charge is -2.04. The zero-order valence-electron chi connectivity index (χ0n) is 7.54. The summed E-state index contributed by atoms with van der Waals surface area (Å²) in [4.78, 5) is 11.5. The van der Waals surface area contributed by atoms with Crippen LogP contribution in [-0.2, 0) is 0 Å². The number of hydrogen-bond donors (Lipinski definition) is 1. The summed E-state index contributed by atoms with van der Waals surface area (Å²) >= 11 is 5.69. The smallest absolute Gasteiger partial charge is 0.165 e. The van der Waals surface area contributed by atoms with Crippen molar-refractivity contribution in [3.05, 3.63) is 28.8 Å². The molecule has 0 aliphatic rings. The second-order valence-corrected chi connectivity index (χ2v) is 3.65. The monoisotopic (exact) mass is 198 g/mol. The van der Waals surface area contributed by atoms with E-state index in [4.69, 9.17) is 11.6 Å². The average Bonchev–Trinajstić information content (AvgIpc) is 2.01. The van der Waals surface area contributed by atoms with Gasteiger partial charge in [-0.25, -0.2) is 0 Å². The molecule has 1 aromatic carbocycles. The molecule has 0 atom stereocenters. The van der Waals surface area contributed by atoms with Gasteiger partial charge in [-0.3, -0.25) is 4.79 Å². The summed E-state index contributed by atoms with van der Waals surface area (Å²) in [5.74, 6) is -0.0767. The normalized spacial score (nSPS) is 10.5. The third-order valence-electron chi connectivity index (χ3n) is 1.69. The Kier molecular flexibility index (Phi) is 2.94. The van der Waals surface area contributed by atoms with Crippen LogP contribution < -0.4 is 0 Å². The van der Waals surface area contributed by atoms with Crippen molar-refractivity contribution < 1.29 is 9.90 Å². The van der Waals surface area contributed by atoms with E-state index >= 15 is 0 Å². The molecule has 1 aromatic rings. The van der Waals surface area contributed by atoms with Crippen molar-refractivity contribution in [3.63, 3.8) is 0 Å². The zero-order chi connectivity index (χ0) is 10.0. The molecule has 0 amide bonds. The number of ketones is 1. The van der Waals surface area contributed by atoms with Crippen LogP contribution in [0.3, 0.4) is 0 Å². The third kappa shape index (κ3) is 2.46. The van der Waals surface area contributed by atoms with Crippen LogP contribution in [0.1, 0.15) is 24.2 Å². The van der Waals surface area contributed by atoms with E-state index in [0.29, 0.717) is 10.6 Å². The Bertz CT molecular complexity index is 311. The highest BCUT2D eigenvalue weighted by Crippen LogP contribution is 2.21. The molecule has 0 aliphatic heterocycles. The summed E-state index contributed by atoms with van der Waals surface area (Å²) in [7, 11) is 0. The molecular formula is C10H11ClO2. The number of phenols is 1. The highest BCUT2D eigenvalue weighted by Gasteiger charge is 2.11. The molecule has 0 radical (unpaired) electrons. The van der Waals surface area contributed by atoms with E-state index in [0.717, 1.165) is 0 Å². The summed E-state index contributed by atoms with van der Waals surface area (Å²) in [5, 5.41) is 9.57. The number of phenolic OH excluding ortho intramolecular Hbond substituents is 1. The van der Waals surface area contributed by atoms with Crippen molar-refractivity contribution in [3.8, 4) is 5.75 Å². The lowest BCUT2D eigenvalue weighted by molar-refractivity contribution is 0.0939. The molecule has 0 aromatic heterocycles. The first-order chi connectivity index (χ1) is 6.00. The van der Waals surface area contributed by atoms with Crippen LogP contribution in [0.15, 0.2) is 18.2 Å². The van der Waals surface area contributed by atoms with Gasteiger partial charge in [0.05, 0.1) is 0 Å². The van der Waals surface area contributed by atoms with Crippen LogP contribution >= 0.6 is 11.6 Å². The summed E-state index contributed by atoms with van der Waals surface area (Å²) in [5.41, 5.74) is 0.458. The fraction of sp³-hybridized carbons (Fsp3) is 0.300. The molecular weight excluding hydrogens is 188 g/mol. The van der Waals surface area contributed by atoms with Gasteiger partial charge >= 0.3 is 0 Å². The topological polar surface area (TPSA) is 37.3 Å². The van der Waals surface area contributed by atoms with Crippen LogP contribution in [0.5, 0.6) is 5.75 Å². The first kappa shape index (κ1) is 10.1. The highest BCUT2D eigenvalue weighted by atomic mass is 35.5. The quantitative estimate of drug-likeness (QED) is 0.742. The predicted molar refractivity (Wildman–Crippen MR) is 52.3 cm³/mol. The molecule has 0 saturated carbocycles. The Morgan fingerprint density at radius 2 is 2.00 bits per heavy atom. The van der Waals surface area contributed by atoms with Crippen molar-refractivity contribution in [2.75, 3.05) is 0 Å². The fourth-order valence-corrected chi connectivity index (χ4v) is 1.28. The number of rotatable bonds is 2. The zero-order valence-corrected chi connectivity index (χ0v) is 8.30. The maximum Gasteiger partial charge on any atom is 0.165 e. The molecule has 0 aliphatic carbocycles. The van der Waals surface area contributed by atoms with E-state index in [2.05, 4.69) is 0 Å². The first-order valence-electron chi connectivity index (χ1n) is 4.04. The van der Waals surface area contributed by atoms with Crippen molar-refractivity contribution in [1.29, 1.82) is 0 Å². The lowest BCUT2D eigenvalue weighted by Crippen LogP contribution is -2.06. The van der Waals surface area contributed by atoms with Gasteiger partial charge in [-0.15, -0.1) is 0 Å². The maximum atomic E-state index is 11.5. The Balaban J connectivity index is 3.08. The van der Waals surface area contributed by atoms with E-state index in [1.807, 2.05) is 0 Å². The van der Waals surface area contributed by atoms with Crippen molar-refractivity contribution in [2.24, 2.45) is 5.92 Å². The van der Waals surface area contributed by atoms with Gasteiger partial charge in [0.1, 0.15) is 5.75 Å². The van der Waals surface area contributed by atoms with Crippen LogP contribution in [0.2, 0.25) is 5.02 Å². The fourth-order valence-electron chi connectivity index (χ4n) is 1.05. The Hall–Kier alpha value is -1.02. The van der Waals surface area contributed by atoms with Crippen LogP contribution in [0.4, 0.5) is 0 Å². The Labute approximate surface area is 82.2 Å². The predicted octanol–water partition coefficient (Wildman–Crippen LogP) is 2.88. The minimum atomic E-state index is -0.0853. The van der Waals surface area contributed by atoms with Crippen molar-refractivity contribution >= 4 is 17.4 Å². The van der Waals surface area contributed by atoms with E-state index < -0.39 is 0 Å². The molecule has 13 heavy (non-hydrogen) atoms. The number of benzene rings is 1. The summed E-state index contributed by atoms with van der Waals surface area (Å²) in [6, 6.07) is 4.39. The van der Waals surface area contributed by atoms with E-state index in [9.17, 15) is 9.90 Å². The third-order valence-corrected chi connectivity index (χ3v) is 1.91. The van der Waals surface area contributed by atoms with Gasteiger partial charge in [0, 0.05) is 16.5 Å². The van der Waals surface area contributed by atoms with Crippen molar-refractivity contribution in [2.45, 2.75) is 13.8 Å². The van der Waals surface area contributed by atoms with Crippen LogP contribution in [0.25, 0.3) is 0 Å². The average molecular weight is 199 g/mol. The molecule has 0 bridgehead atoms. The molecule has 0 unspecified atom stereocenters. The number of carbonyl (C=O) groups excluding carboxylic acids is 1. The Morgan fingerprint density at radius 3 is 2.46 bits per heavy atom. The van der Waals surface area contributed by atoms with Crippen LogP contribution in [0, 0.1) is 5.92 Å². The molecule has 0 fully saturated rings. The number of hydrogen-bond acceptors (Lipinski definition) is 2. The SMILES string of the molecule is CC(C)C(=O)c1cc(O)cc(Cl)c1. The summed E-state index contributed by atoms with van der Waals surface area (Å²) in [6.45, 7) is 3.61. The van der Waals surface area contributed by atoms with Gasteiger partial charge in [0.25, 0.3) is 0 Å². The largest absolute Gasteiger partial charge is 0.508 e. The second-order valence-electron chi connectivity index (χ2n) is 3.22. The number of carbonyl (C=O) groups is 1. The minimum Gasteiger partial charge on any atom is -0.508 e. The van der Waals surface area contributed by atoms with E-state index in [1.165, 1.54) is 12.1 Å². The molecule has 0 saturated heterocycles. The molecule has 0 heterocycles. The minimum absolute atomic E-state index is 0.0159. The molecule has 0 spiro atoms. The highest BCUT2D eigenvalue weighted by molar-refractivity contribution is 6.31. The summed E-state index contributed by atoms with van der Waals surface area (Å²) < 4.78 is 0. The van der Waals surface area contributed by atoms with Gasteiger partial charge in [-0.1, -0.05) is 25.4 Å². The Morgan fingerprint density at radius 1 is 1.38 bits per heavy atom. The van der Waals surface area contributed by atoms with Gasteiger partial charge in [-0.2, -0.15) is 0 Å². The summed E-state index contributed by atoms with van der Waals surface area (Å²) in [6.07, 6.45) is 0. The van der Waals surface area contributed by atoms with Gasteiger partial charge in [-0.05, 0) is 18.2 Å². The lowest BCUT2D eigenvalue weighted by atomic mass is 10.0. The van der Waals surface area contributed by atoms with E-state index in [1.54, 1.807) is 19.9 Å². The second kappa shape index (κ2) is 3.79. The number of halogens is 1. The van der Waals surface area contributed by atoms with Gasteiger partial charge in [0.15, 0.2) is 5.78 Å². The molecule has 1 rings (SSSR count). The number of aromatic hydroxyl groups is 1. The van der Waals surface area contributed by atoms with Gasteiger partial charge in [0.2, 0.25) is 0 Å². The molecule has 3 heteroatoms. The van der Waals surface area contributed by atoms with Gasteiger partial charge < -0.3 is 5.11 Å². The van der Waals surface area contributed by atoms with E-state index in [-0.39, 0.29) is 17.5 Å². The molecule has 2 nitrogen and oxygen atoms in total. The van der Waals surface area contributed by atoms with Crippen molar-refractivity contribution in [1.82, 2.24) is 0 Å². The first-order valence-corrected chi connectivity index (χ1v) is 4.42. The number of Topliss-reactive ketones (excluding diaryl/α,β-unsaturated/α-hetero) is 1. The standard InChI is InChI=1S/C10H11ClO2/c1-6(2)10(13)7-3-8(11)5-9(12)4-7/h3-6,12H,1-2H3. The van der Waals surface area contributed by atoms with Crippen LogP contribution in [-0.4, -0.2) is 10.9 Å². The molecule has 1 N–H and O–H groups in total. The molecule has 70 valence electrons.